The lowest BCUT2D eigenvalue weighted by molar-refractivity contribution is -0.121. The van der Waals surface area contributed by atoms with Gasteiger partial charge in [-0.3, -0.25) is 9.59 Å². The van der Waals surface area contributed by atoms with Crippen LogP contribution in [0, 0.1) is 11.8 Å². The lowest BCUT2D eigenvalue weighted by Crippen LogP contribution is -2.24. The first kappa shape index (κ1) is 22.7. The maximum Gasteiger partial charge on any atom is 0.159 e. The van der Waals surface area contributed by atoms with Gasteiger partial charge < -0.3 is 15.3 Å². The van der Waals surface area contributed by atoms with E-state index in [1.165, 1.54) is 0 Å². The lowest BCUT2D eigenvalue weighted by atomic mass is 9.88. The van der Waals surface area contributed by atoms with Crippen LogP contribution in [0.3, 0.4) is 0 Å². The molecule has 2 unspecified atom stereocenters. The highest BCUT2D eigenvalue weighted by atomic mass is 16.3. The molecular weight excluding hydrogens is 332 g/mol. The van der Waals surface area contributed by atoms with Crippen molar-refractivity contribution in [3.63, 3.8) is 0 Å². The fourth-order valence-electron chi connectivity index (χ4n) is 3.26. The van der Waals surface area contributed by atoms with E-state index in [9.17, 15) is 19.8 Å². The fraction of sp³-hybridized carbons (Fsp3) is 0.714. The summed E-state index contributed by atoms with van der Waals surface area (Å²) in [5.41, 5.74) is 0. The van der Waals surface area contributed by atoms with Gasteiger partial charge in [-0.15, -0.1) is 0 Å². The Labute approximate surface area is 156 Å². The molecule has 0 fully saturated rings. The average molecular weight is 366 g/mol. The van der Waals surface area contributed by atoms with Crippen molar-refractivity contribution in [1.82, 2.24) is 0 Å². The summed E-state index contributed by atoms with van der Waals surface area (Å²) in [7, 11) is 0. The normalized spacial score (nSPS) is 22.2. The third kappa shape index (κ3) is 8.39. The molecule has 1 aliphatic carbocycles. The molecule has 0 spiro atoms. The van der Waals surface area contributed by atoms with E-state index in [1.807, 2.05) is 19.1 Å². The van der Waals surface area contributed by atoms with E-state index >= 15 is 0 Å². The van der Waals surface area contributed by atoms with Gasteiger partial charge in [-0.1, -0.05) is 57.3 Å². The smallest absolute Gasteiger partial charge is 0.159 e. The topological polar surface area (TPSA) is 94.8 Å². The van der Waals surface area contributed by atoms with E-state index in [4.69, 9.17) is 5.11 Å². The summed E-state index contributed by atoms with van der Waals surface area (Å²) >= 11 is 0. The van der Waals surface area contributed by atoms with Crippen molar-refractivity contribution < 1.29 is 24.9 Å². The number of aliphatic hydroxyl groups excluding tert-OH is 3. The van der Waals surface area contributed by atoms with Crippen LogP contribution in [0.1, 0.15) is 64.7 Å². The molecule has 0 amide bonds. The van der Waals surface area contributed by atoms with Gasteiger partial charge in [0.25, 0.3) is 0 Å². The van der Waals surface area contributed by atoms with Gasteiger partial charge >= 0.3 is 0 Å². The van der Waals surface area contributed by atoms with Gasteiger partial charge in [-0.2, -0.15) is 0 Å². The number of hydrogen-bond acceptors (Lipinski definition) is 5. The van der Waals surface area contributed by atoms with Gasteiger partial charge in [-0.05, 0) is 25.3 Å². The Morgan fingerprint density at radius 3 is 2.62 bits per heavy atom. The van der Waals surface area contributed by atoms with Crippen LogP contribution >= 0.6 is 0 Å². The van der Waals surface area contributed by atoms with Crippen molar-refractivity contribution in [2.24, 2.45) is 11.8 Å². The molecule has 26 heavy (non-hydrogen) atoms. The monoisotopic (exact) mass is 366 g/mol. The molecule has 3 N–H and O–H groups in total. The van der Waals surface area contributed by atoms with Crippen LogP contribution < -0.4 is 0 Å². The molecule has 4 atom stereocenters. The van der Waals surface area contributed by atoms with Gasteiger partial charge in [0.1, 0.15) is 6.61 Å². The van der Waals surface area contributed by atoms with Crippen molar-refractivity contribution in [2.75, 3.05) is 6.61 Å². The molecule has 148 valence electrons. The Morgan fingerprint density at radius 2 is 1.92 bits per heavy atom. The van der Waals surface area contributed by atoms with Crippen molar-refractivity contribution in [1.29, 1.82) is 0 Å². The lowest BCUT2D eigenvalue weighted by Gasteiger charge is -2.17. The number of carbonyl (C=O) groups is 2. The van der Waals surface area contributed by atoms with E-state index in [1.54, 1.807) is 12.2 Å². The molecule has 1 rings (SSSR count). The molecule has 0 radical (unpaired) electrons. The van der Waals surface area contributed by atoms with E-state index in [-0.39, 0.29) is 30.0 Å². The standard InChI is InChI=1S/C21H34O5/c1-2-3-10-20(25)21(26)14-12-16-11-13-19(24)18(16)9-7-5-4-6-8-17(23)15-22/h11-14,16,18,20-22,25-26H,2-10,15H2,1H3/b14-12+/t16-,18-,20?,21?/m1/s1. The number of hydrogen-bond donors (Lipinski definition) is 3. The number of carbonyl (C=O) groups excluding carboxylic acids is 2. The zero-order valence-corrected chi connectivity index (χ0v) is 15.8. The Hall–Kier alpha value is -1.30. The third-order valence-electron chi connectivity index (χ3n) is 4.99. The van der Waals surface area contributed by atoms with E-state index < -0.39 is 12.2 Å². The van der Waals surface area contributed by atoms with E-state index in [2.05, 4.69) is 0 Å². The highest BCUT2D eigenvalue weighted by Gasteiger charge is 2.28. The molecule has 0 saturated heterocycles. The molecule has 0 bridgehead atoms. The summed E-state index contributed by atoms with van der Waals surface area (Å²) in [4.78, 5) is 23.1. The van der Waals surface area contributed by atoms with E-state index in [0.29, 0.717) is 12.8 Å². The zero-order chi connectivity index (χ0) is 19.4. The number of ketones is 2. The van der Waals surface area contributed by atoms with Crippen molar-refractivity contribution in [2.45, 2.75) is 76.9 Å². The van der Waals surface area contributed by atoms with Crippen LogP contribution in [-0.2, 0) is 9.59 Å². The summed E-state index contributed by atoms with van der Waals surface area (Å²) in [6, 6.07) is 0. The number of allylic oxidation sites excluding steroid dienone is 3. The van der Waals surface area contributed by atoms with Crippen LogP contribution in [0.4, 0.5) is 0 Å². The van der Waals surface area contributed by atoms with Crippen molar-refractivity contribution >= 4 is 11.6 Å². The van der Waals surface area contributed by atoms with Gasteiger partial charge in [0.2, 0.25) is 0 Å². The highest BCUT2D eigenvalue weighted by molar-refractivity contribution is 5.94. The molecule has 5 nitrogen and oxygen atoms in total. The minimum absolute atomic E-state index is 0.0218. The first-order valence-electron chi connectivity index (χ1n) is 9.88. The molecular formula is C21H34O5. The summed E-state index contributed by atoms with van der Waals surface area (Å²) in [5.74, 6) is -0.113. The van der Waals surface area contributed by atoms with Gasteiger partial charge in [0.05, 0.1) is 12.2 Å². The Morgan fingerprint density at radius 1 is 1.19 bits per heavy atom. The van der Waals surface area contributed by atoms with Crippen LogP contribution in [0.25, 0.3) is 0 Å². The zero-order valence-electron chi connectivity index (χ0n) is 15.8. The quantitative estimate of drug-likeness (QED) is 0.325. The van der Waals surface area contributed by atoms with Crippen molar-refractivity contribution in [3.8, 4) is 0 Å². The SMILES string of the molecule is CCCCC(O)C(O)/C=C/[C@H]1C=CC(=O)[C@@H]1CCCCCCC(=O)CO. The molecule has 0 aromatic heterocycles. The van der Waals surface area contributed by atoms with Crippen LogP contribution in [-0.4, -0.2) is 45.7 Å². The Balaban J connectivity index is 2.34. The first-order chi connectivity index (χ1) is 12.5. The summed E-state index contributed by atoms with van der Waals surface area (Å²) in [5, 5.41) is 28.6. The number of Topliss-reactive ketones (excluding diaryl/α,β-unsaturated/α-hetero) is 1. The Bertz CT molecular complexity index is 483. The third-order valence-corrected chi connectivity index (χ3v) is 4.99. The minimum Gasteiger partial charge on any atom is -0.390 e. The number of aliphatic hydroxyl groups is 3. The summed E-state index contributed by atoms with van der Waals surface area (Å²) < 4.78 is 0. The van der Waals surface area contributed by atoms with Crippen LogP contribution in [0.2, 0.25) is 0 Å². The average Bonchev–Trinajstić information content (AvgIpc) is 2.99. The molecule has 0 aromatic rings. The predicted octanol–water partition coefficient (Wildman–Crippen LogP) is 2.73. The Kier molecular flexibility index (Phi) is 11.3. The molecule has 1 aliphatic rings. The van der Waals surface area contributed by atoms with Gasteiger partial charge in [0, 0.05) is 18.3 Å². The maximum atomic E-state index is 12.0. The first-order valence-corrected chi connectivity index (χ1v) is 9.88. The van der Waals surface area contributed by atoms with Gasteiger partial charge in [0.15, 0.2) is 11.6 Å². The second-order valence-electron chi connectivity index (χ2n) is 7.18. The van der Waals surface area contributed by atoms with Crippen molar-refractivity contribution in [3.05, 3.63) is 24.3 Å². The fourth-order valence-corrected chi connectivity index (χ4v) is 3.26. The number of unbranched alkanes of at least 4 members (excludes halogenated alkanes) is 4. The summed E-state index contributed by atoms with van der Waals surface area (Å²) in [6.07, 6.45) is 12.5. The summed E-state index contributed by atoms with van der Waals surface area (Å²) in [6.45, 7) is 1.66. The predicted molar refractivity (Wildman–Crippen MR) is 102 cm³/mol. The molecule has 0 aliphatic heterocycles. The van der Waals surface area contributed by atoms with Crippen LogP contribution in [0.5, 0.6) is 0 Å². The highest BCUT2D eigenvalue weighted by Crippen LogP contribution is 2.29. The van der Waals surface area contributed by atoms with Gasteiger partial charge in [-0.25, -0.2) is 0 Å². The van der Waals surface area contributed by atoms with E-state index in [0.717, 1.165) is 44.9 Å². The molecule has 0 saturated carbocycles. The van der Waals surface area contributed by atoms with Crippen LogP contribution in [0.15, 0.2) is 24.3 Å². The molecule has 0 aromatic carbocycles. The minimum atomic E-state index is -0.893. The number of rotatable bonds is 14. The molecule has 0 heterocycles. The maximum absolute atomic E-state index is 12.0. The largest absolute Gasteiger partial charge is 0.390 e. The molecule has 5 heteroatoms. The second-order valence-corrected chi connectivity index (χ2v) is 7.18. The second kappa shape index (κ2) is 13.0.